The number of aromatic nitrogens is 2. The first-order valence-electron chi connectivity index (χ1n) is 8.39. The number of amides is 1. The summed E-state index contributed by atoms with van der Waals surface area (Å²) >= 11 is 1.65. The molecule has 3 rings (SSSR count). The molecule has 0 atom stereocenters. The van der Waals surface area contributed by atoms with Gasteiger partial charge >= 0.3 is 6.09 Å². The van der Waals surface area contributed by atoms with Gasteiger partial charge in [-0.2, -0.15) is 0 Å². The molecule has 0 bridgehead atoms. The van der Waals surface area contributed by atoms with Crippen LogP contribution in [-0.4, -0.2) is 23.2 Å². The minimum absolute atomic E-state index is 0.485. The fourth-order valence-corrected chi connectivity index (χ4v) is 3.11. The maximum Gasteiger partial charge on any atom is 0.411 e. The van der Waals surface area contributed by atoms with Gasteiger partial charge in [0.1, 0.15) is 10.8 Å². The zero-order valence-corrected chi connectivity index (χ0v) is 15.7. The molecule has 7 heteroatoms. The lowest BCUT2D eigenvalue weighted by atomic mass is 10.2. The van der Waals surface area contributed by atoms with Crippen molar-refractivity contribution in [1.82, 2.24) is 9.97 Å². The first-order valence-corrected chi connectivity index (χ1v) is 9.38. The van der Waals surface area contributed by atoms with E-state index in [1.54, 1.807) is 24.2 Å². The smallest absolute Gasteiger partial charge is 0.411 e. The van der Waals surface area contributed by atoms with Crippen LogP contribution in [0.25, 0.3) is 0 Å². The number of rotatable bonds is 7. The van der Waals surface area contributed by atoms with E-state index in [0.29, 0.717) is 12.2 Å². The van der Waals surface area contributed by atoms with Crippen molar-refractivity contribution in [2.75, 3.05) is 17.7 Å². The largest absolute Gasteiger partial charge is 0.453 e. The van der Waals surface area contributed by atoms with Crippen LogP contribution in [0.2, 0.25) is 0 Å². The summed E-state index contributed by atoms with van der Waals surface area (Å²) in [5.74, 6) is 1.58. The zero-order chi connectivity index (χ0) is 18.9. The predicted octanol–water partition coefficient (Wildman–Crippen LogP) is 4.56. The average molecular weight is 380 g/mol. The zero-order valence-electron chi connectivity index (χ0n) is 14.9. The van der Waals surface area contributed by atoms with Gasteiger partial charge in [0.2, 0.25) is 0 Å². The number of ether oxygens (including phenoxy) is 1. The molecule has 0 aliphatic carbocycles. The number of thioether (sulfide) groups is 1. The standard InChI is InChI=1S/C20H20N4O2S/c1-26-20(25)23-17-9-7-15(8-10-17)11-22-18-12-21-13-19(24-18)27-14-16-5-3-2-4-6-16/h2-10,12-13H,11,14H2,1H3,(H,22,24)(H,23,25). The number of carbonyl (C=O) groups is 1. The Kier molecular flexibility index (Phi) is 6.65. The number of nitrogens with one attached hydrogen (secondary N) is 2. The number of nitrogens with zero attached hydrogens (tertiary/aromatic N) is 2. The molecule has 0 radical (unpaired) electrons. The third-order valence-electron chi connectivity index (χ3n) is 3.70. The van der Waals surface area contributed by atoms with Gasteiger partial charge in [0.05, 0.1) is 19.5 Å². The molecular weight excluding hydrogens is 360 g/mol. The van der Waals surface area contributed by atoms with Crippen LogP contribution < -0.4 is 10.6 Å². The van der Waals surface area contributed by atoms with Crippen molar-refractivity contribution in [2.24, 2.45) is 0 Å². The van der Waals surface area contributed by atoms with E-state index in [9.17, 15) is 4.79 Å². The minimum Gasteiger partial charge on any atom is -0.453 e. The number of benzene rings is 2. The number of methoxy groups -OCH3 is 1. The molecular formula is C20H20N4O2S. The number of hydrogen-bond acceptors (Lipinski definition) is 6. The van der Waals surface area contributed by atoms with Crippen molar-refractivity contribution < 1.29 is 9.53 Å². The summed E-state index contributed by atoms with van der Waals surface area (Å²) in [6, 6.07) is 17.8. The highest BCUT2D eigenvalue weighted by molar-refractivity contribution is 7.98. The topological polar surface area (TPSA) is 76.1 Å². The third kappa shape index (κ3) is 6.00. The van der Waals surface area contributed by atoms with Gasteiger partial charge in [-0.15, -0.1) is 11.8 Å². The first kappa shape index (κ1) is 18.7. The van der Waals surface area contributed by atoms with Gasteiger partial charge in [-0.1, -0.05) is 42.5 Å². The lowest BCUT2D eigenvalue weighted by Gasteiger charge is -2.08. The van der Waals surface area contributed by atoms with E-state index in [-0.39, 0.29) is 0 Å². The Bertz CT molecular complexity index is 873. The van der Waals surface area contributed by atoms with Crippen LogP contribution in [0.5, 0.6) is 0 Å². The lowest BCUT2D eigenvalue weighted by Crippen LogP contribution is -2.10. The quantitative estimate of drug-likeness (QED) is 0.585. The van der Waals surface area contributed by atoms with E-state index >= 15 is 0 Å². The van der Waals surface area contributed by atoms with Gasteiger partial charge in [-0.05, 0) is 23.3 Å². The lowest BCUT2D eigenvalue weighted by molar-refractivity contribution is 0.187. The molecule has 0 unspecified atom stereocenters. The Morgan fingerprint density at radius 3 is 2.56 bits per heavy atom. The summed E-state index contributed by atoms with van der Waals surface area (Å²) in [6.45, 7) is 0.611. The van der Waals surface area contributed by atoms with Crippen LogP contribution in [0.1, 0.15) is 11.1 Å². The molecule has 6 nitrogen and oxygen atoms in total. The molecule has 1 amide bonds. The molecule has 27 heavy (non-hydrogen) atoms. The normalized spacial score (nSPS) is 10.3. The highest BCUT2D eigenvalue weighted by Gasteiger charge is 2.03. The molecule has 2 aromatic carbocycles. The fourth-order valence-electron chi connectivity index (χ4n) is 2.30. The van der Waals surface area contributed by atoms with Crippen LogP contribution in [0.3, 0.4) is 0 Å². The van der Waals surface area contributed by atoms with Crippen molar-refractivity contribution >= 4 is 29.4 Å². The van der Waals surface area contributed by atoms with Gasteiger partial charge in [0.25, 0.3) is 0 Å². The van der Waals surface area contributed by atoms with Gasteiger partial charge < -0.3 is 10.1 Å². The number of hydrogen-bond donors (Lipinski definition) is 2. The fraction of sp³-hybridized carbons (Fsp3) is 0.150. The molecule has 138 valence electrons. The Morgan fingerprint density at radius 1 is 1.04 bits per heavy atom. The van der Waals surface area contributed by atoms with Crippen LogP contribution in [0.4, 0.5) is 16.3 Å². The Hall–Kier alpha value is -3.06. The van der Waals surface area contributed by atoms with Gasteiger partial charge in [-0.25, -0.2) is 9.78 Å². The van der Waals surface area contributed by atoms with Crippen LogP contribution >= 0.6 is 11.8 Å². The van der Waals surface area contributed by atoms with Crippen molar-refractivity contribution in [2.45, 2.75) is 17.3 Å². The van der Waals surface area contributed by atoms with Gasteiger partial charge in [0, 0.05) is 18.0 Å². The van der Waals surface area contributed by atoms with E-state index in [1.807, 2.05) is 42.5 Å². The SMILES string of the molecule is COC(=O)Nc1ccc(CNc2cncc(SCc3ccccc3)n2)cc1. The van der Waals surface area contributed by atoms with Crippen LogP contribution in [0.15, 0.2) is 72.0 Å². The summed E-state index contributed by atoms with van der Waals surface area (Å²) in [7, 11) is 1.33. The number of anilines is 2. The second-order valence-corrected chi connectivity index (χ2v) is 6.68. The molecule has 1 heterocycles. The Labute approximate surface area is 162 Å². The summed E-state index contributed by atoms with van der Waals surface area (Å²) in [5.41, 5.74) is 3.00. The maximum atomic E-state index is 11.2. The summed E-state index contributed by atoms with van der Waals surface area (Å²) in [4.78, 5) is 20.0. The third-order valence-corrected chi connectivity index (χ3v) is 4.67. The second kappa shape index (κ2) is 9.59. The van der Waals surface area contributed by atoms with Crippen LogP contribution in [-0.2, 0) is 17.0 Å². The average Bonchev–Trinajstić information content (AvgIpc) is 2.73. The van der Waals surface area contributed by atoms with E-state index in [2.05, 4.69) is 37.5 Å². The van der Waals surface area contributed by atoms with Crippen molar-refractivity contribution in [1.29, 1.82) is 0 Å². The minimum atomic E-state index is -0.485. The van der Waals surface area contributed by atoms with Crippen LogP contribution in [0, 0.1) is 0 Å². The Morgan fingerprint density at radius 2 is 1.81 bits per heavy atom. The molecule has 0 fully saturated rings. The molecule has 0 spiro atoms. The maximum absolute atomic E-state index is 11.2. The molecule has 2 N–H and O–H groups in total. The highest BCUT2D eigenvalue weighted by Crippen LogP contribution is 2.21. The Balaban J connectivity index is 1.53. The summed E-state index contributed by atoms with van der Waals surface area (Å²) in [6.07, 6.45) is 2.99. The molecule has 0 aliphatic heterocycles. The highest BCUT2D eigenvalue weighted by atomic mass is 32.2. The molecule has 0 aliphatic rings. The predicted molar refractivity (Wildman–Crippen MR) is 108 cm³/mol. The van der Waals surface area contributed by atoms with Crippen molar-refractivity contribution in [3.05, 3.63) is 78.1 Å². The molecule has 1 aromatic heterocycles. The van der Waals surface area contributed by atoms with E-state index in [4.69, 9.17) is 0 Å². The van der Waals surface area contributed by atoms with Crippen molar-refractivity contribution in [3.63, 3.8) is 0 Å². The van der Waals surface area contributed by atoms with E-state index in [0.717, 1.165) is 22.2 Å². The molecule has 0 saturated heterocycles. The first-order chi connectivity index (χ1) is 13.2. The van der Waals surface area contributed by atoms with E-state index < -0.39 is 6.09 Å². The van der Waals surface area contributed by atoms with E-state index in [1.165, 1.54) is 12.7 Å². The van der Waals surface area contributed by atoms with Gasteiger partial charge in [-0.3, -0.25) is 10.3 Å². The second-order valence-electron chi connectivity index (χ2n) is 5.68. The molecule has 0 saturated carbocycles. The number of carbonyl (C=O) groups excluding carboxylic acids is 1. The monoisotopic (exact) mass is 380 g/mol. The van der Waals surface area contributed by atoms with Gasteiger partial charge in [0.15, 0.2) is 0 Å². The summed E-state index contributed by atoms with van der Waals surface area (Å²) < 4.78 is 4.57. The molecule has 3 aromatic rings. The van der Waals surface area contributed by atoms with Crippen molar-refractivity contribution in [3.8, 4) is 0 Å². The summed E-state index contributed by atoms with van der Waals surface area (Å²) in [5, 5.41) is 6.77.